The molecule has 0 bridgehead atoms. The van der Waals surface area contributed by atoms with Gasteiger partial charge in [0.05, 0.1) is 11.7 Å². The molecule has 1 N–H and O–H groups in total. The Bertz CT molecular complexity index is 975. The highest BCUT2D eigenvalue weighted by Gasteiger charge is 2.19. The van der Waals surface area contributed by atoms with Crippen molar-refractivity contribution < 1.29 is 13.2 Å². The summed E-state index contributed by atoms with van der Waals surface area (Å²) in [6.07, 6.45) is 0. The summed E-state index contributed by atoms with van der Waals surface area (Å²) in [4.78, 5) is 0.0774. The lowest BCUT2D eigenvalue weighted by atomic mass is 10.3. The molecule has 0 aliphatic heterocycles. The standard InChI is InChI=1S/C14H10N4O3S2/c15-8-9-21-11-6-4-10(5-7-11)18-23(19,20)13-3-1-2-12-14(13)17-22-16-12/h1-7,18H,9H2. The number of sulfonamides is 1. The third kappa shape index (κ3) is 3.23. The quantitative estimate of drug-likeness (QED) is 0.760. The molecule has 9 heteroatoms. The number of rotatable bonds is 5. The lowest BCUT2D eigenvalue weighted by Crippen LogP contribution is -2.13. The van der Waals surface area contributed by atoms with E-state index in [4.69, 9.17) is 10.00 Å². The Morgan fingerprint density at radius 2 is 1.96 bits per heavy atom. The van der Waals surface area contributed by atoms with Gasteiger partial charge in [0.2, 0.25) is 0 Å². The Morgan fingerprint density at radius 3 is 2.70 bits per heavy atom. The average molecular weight is 346 g/mol. The van der Waals surface area contributed by atoms with Crippen molar-refractivity contribution in [3.8, 4) is 11.8 Å². The highest BCUT2D eigenvalue weighted by atomic mass is 32.2. The van der Waals surface area contributed by atoms with Gasteiger partial charge in [0.25, 0.3) is 10.0 Å². The van der Waals surface area contributed by atoms with Crippen LogP contribution < -0.4 is 9.46 Å². The zero-order chi connectivity index (χ0) is 16.3. The van der Waals surface area contributed by atoms with Crippen molar-refractivity contribution in [2.24, 2.45) is 0 Å². The van der Waals surface area contributed by atoms with Crippen molar-refractivity contribution in [2.45, 2.75) is 4.90 Å². The molecule has 0 aliphatic rings. The molecule has 0 radical (unpaired) electrons. The maximum absolute atomic E-state index is 12.5. The second kappa shape index (κ2) is 6.20. The molecule has 7 nitrogen and oxygen atoms in total. The number of hydrogen-bond acceptors (Lipinski definition) is 7. The Morgan fingerprint density at radius 1 is 1.17 bits per heavy atom. The summed E-state index contributed by atoms with van der Waals surface area (Å²) in [5, 5.41) is 8.45. The van der Waals surface area contributed by atoms with Gasteiger partial charge in [-0.2, -0.15) is 14.0 Å². The van der Waals surface area contributed by atoms with Crippen LogP contribution in [0.15, 0.2) is 47.4 Å². The fourth-order valence-electron chi connectivity index (χ4n) is 1.94. The third-order valence-electron chi connectivity index (χ3n) is 2.95. The topological polar surface area (TPSA) is 105 Å². The number of anilines is 1. The van der Waals surface area contributed by atoms with E-state index in [-0.39, 0.29) is 11.5 Å². The predicted molar refractivity (Wildman–Crippen MR) is 85.8 cm³/mol. The van der Waals surface area contributed by atoms with Gasteiger partial charge in [-0.3, -0.25) is 4.72 Å². The number of fused-ring (bicyclic) bond motifs is 1. The maximum atomic E-state index is 12.5. The minimum Gasteiger partial charge on any atom is -0.479 e. The first-order chi connectivity index (χ1) is 11.1. The van der Waals surface area contributed by atoms with Crippen molar-refractivity contribution in [1.82, 2.24) is 8.75 Å². The van der Waals surface area contributed by atoms with E-state index >= 15 is 0 Å². The van der Waals surface area contributed by atoms with E-state index in [1.807, 2.05) is 6.07 Å². The first kappa shape index (κ1) is 15.2. The number of nitrogens with zero attached hydrogens (tertiary/aromatic N) is 3. The lowest BCUT2D eigenvalue weighted by molar-refractivity contribution is 0.368. The van der Waals surface area contributed by atoms with Gasteiger partial charge in [0.1, 0.15) is 27.7 Å². The second-order valence-corrected chi connectivity index (χ2v) is 6.64. The van der Waals surface area contributed by atoms with Crippen molar-refractivity contribution in [3.05, 3.63) is 42.5 Å². The monoisotopic (exact) mass is 346 g/mol. The molecule has 0 saturated heterocycles. The number of nitrogens with one attached hydrogen (secondary N) is 1. The maximum Gasteiger partial charge on any atom is 0.264 e. The van der Waals surface area contributed by atoms with Crippen LogP contribution in [-0.2, 0) is 10.0 Å². The van der Waals surface area contributed by atoms with Crippen LogP contribution >= 0.6 is 11.7 Å². The van der Waals surface area contributed by atoms with E-state index in [1.165, 1.54) is 6.07 Å². The van der Waals surface area contributed by atoms with Crippen molar-refractivity contribution in [3.63, 3.8) is 0 Å². The molecule has 3 aromatic rings. The van der Waals surface area contributed by atoms with E-state index in [2.05, 4.69) is 13.5 Å². The first-order valence-corrected chi connectivity index (χ1v) is 8.65. The van der Waals surface area contributed by atoms with Crippen LogP contribution in [0, 0.1) is 11.3 Å². The molecule has 23 heavy (non-hydrogen) atoms. The molecule has 1 aromatic heterocycles. The first-order valence-electron chi connectivity index (χ1n) is 6.44. The second-order valence-electron chi connectivity index (χ2n) is 4.46. The molecule has 0 unspecified atom stereocenters. The highest BCUT2D eigenvalue weighted by molar-refractivity contribution is 7.93. The molecule has 0 fully saturated rings. The van der Waals surface area contributed by atoms with Crippen molar-refractivity contribution in [1.29, 1.82) is 5.26 Å². The summed E-state index contributed by atoms with van der Waals surface area (Å²) in [5.74, 6) is 0.486. The number of ether oxygens (including phenoxy) is 1. The fraction of sp³-hybridized carbons (Fsp3) is 0.0714. The zero-order valence-corrected chi connectivity index (χ0v) is 13.3. The summed E-state index contributed by atoms with van der Waals surface area (Å²) in [6, 6.07) is 13.0. The normalized spacial score (nSPS) is 11.1. The van der Waals surface area contributed by atoms with Gasteiger partial charge >= 0.3 is 0 Å². The number of benzene rings is 2. The number of hydrogen-bond donors (Lipinski definition) is 1. The van der Waals surface area contributed by atoms with Gasteiger partial charge in [-0.1, -0.05) is 6.07 Å². The number of nitriles is 1. The summed E-state index contributed by atoms with van der Waals surface area (Å²) >= 11 is 0.964. The van der Waals surface area contributed by atoms with Crippen molar-refractivity contribution >= 4 is 38.5 Å². The summed E-state index contributed by atoms with van der Waals surface area (Å²) in [6.45, 7) is -0.0656. The molecule has 0 aliphatic carbocycles. The van der Waals surface area contributed by atoms with Crippen LogP contribution in [0.1, 0.15) is 0 Å². The molecule has 116 valence electrons. The molecule has 3 rings (SSSR count). The van der Waals surface area contributed by atoms with E-state index in [1.54, 1.807) is 36.4 Å². The molecule has 0 saturated carbocycles. The van der Waals surface area contributed by atoms with Gasteiger partial charge in [0.15, 0.2) is 6.61 Å². The van der Waals surface area contributed by atoms with Gasteiger partial charge in [-0.25, -0.2) is 8.42 Å². The van der Waals surface area contributed by atoms with E-state index in [9.17, 15) is 8.42 Å². The fourth-order valence-corrected chi connectivity index (χ4v) is 3.77. The van der Waals surface area contributed by atoms with Crippen LogP contribution in [0.5, 0.6) is 5.75 Å². The van der Waals surface area contributed by atoms with Crippen LogP contribution in [0.2, 0.25) is 0 Å². The predicted octanol–water partition coefficient (Wildman–Crippen LogP) is 2.39. The van der Waals surface area contributed by atoms with Crippen LogP contribution in [0.3, 0.4) is 0 Å². The largest absolute Gasteiger partial charge is 0.479 e. The van der Waals surface area contributed by atoms with Crippen LogP contribution in [-0.4, -0.2) is 23.8 Å². The molecule has 0 atom stereocenters. The van der Waals surface area contributed by atoms with Crippen molar-refractivity contribution in [2.75, 3.05) is 11.3 Å². The number of aromatic nitrogens is 2. The minimum atomic E-state index is -3.78. The Hall–Kier alpha value is -2.70. The third-order valence-corrected chi connectivity index (χ3v) is 4.90. The highest BCUT2D eigenvalue weighted by Crippen LogP contribution is 2.24. The summed E-state index contributed by atoms with van der Waals surface area (Å²) < 4.78 is 40.7. The molecular formula is C14H10N4O3S2. The minimum absolute atomic E-state index is 0.0656. The molecule has 2 aromatic carbocycles. The Balaban J connectivity index is 1.87. The Labute approximate surface area is 136 Å². The molecular weight excluding hydrogens is 336 g/mol. The van der Waals surface area contributed by atoms with E-state index in [0.717, 1.165) is 11.7 Å². The SMILES string of the molecule is N#CCOc1ccc(NS(=O)(=O)c2cccc3nsnc23)cc1. The molecule has 0 amide bonds. The molecule has 1 heterocycles. The van der Waals surface area contributed by atoms with Crippen LogP contribution in [0.4, 0.5) is 5.69 Å². The summed E-state index contributed by atoms with van der Waals surface area (Å²) in [5.41, 5.74) is 1.27. The van der Waals surface area contributed by atoms with Gasteiger partial charge in [-0.15, -0.1) is 0 Å². The van der Waals surface area contributed by atoms with E-state index < -0.39 is 10.0 Å². The molecule has 0 spiro atoms. The van der Waals surface area contributed by atoms with Gasteiger partial charge in [-0.05, 0) is 36.4 Å². The Kier molecular flexibility index (Phi) is 4.10. The smallest absolute Gasteiger partial charge is 0.264 e. The zero-order valence-electron chi connectivity index (χ0n) is 11.6. The van der Waals surface area contributed by atoms with Gasteiger partial charge < -0.3 is 4.74 Å². The summed E-state index contributed by atoms with van der Waals surface area (Å²) in [7, 11) is -3.78. The average Bonchev–Trinajstić information content (AvgIpc) is 3.02. The lowest BCUT2D eigenvalue weighted by Gasteiger charge is -2.09. The van der Waals surface area contributed by atoms with Gasteiger partial charge in [0, 0.05) is 5.69 Å². The van der Waals surface area contributed by atoms with Crippen LogP contribution in [0.25, 0.3) is 11.0 Å². The van der Waals surface area contributed by atoms with E-state index in [0.29, 0.717) is 22.5 Å².